The molecule has 0 aromatic carbocycles. The van der Waals surface area contributed by atoms with Gasteiger partial charge < -0.3 is 58.9 Å². The van der Waals surface area contributed by atoms with Gasteiger partial charge >= 0.3 is 0 Å². The molecule has 14 N–H and O–H groups in total. The minimum Gasteiger partial charge on any atom is -0.384 e. The van der Waals surface area contributed by atoms with E-state index in [1.807, 2.05) is 5.32 Å². The number of rotatable bonds is 19. The van der Waals surface area contributed by atoms with Gasteiger partial charge in [-0.1, -0.05) is 99.3 Å². The van der Waals surface area contributed by atoms with E-state index in [1.165, 1.54) is 69.6 Å². The summed E-state index contributed by atoms with van der Waals surface area (Å²) in [5.41, 5.74) is 22.9. The normalized spacial score (nSPS) is 21.3. The first-order chi connectivity index (χ1) is 27.1. The Kier molecular flexibility index (Phi) is 29.7. The number of carbonyl (C=O) groups excluding carboxylic acids is 4. The summed E-state index contributed by atoms with van der Waals surface area (Å²) >= 11 is 0. The maximum absolute atomic E-state index is 12.5. The highest BCUT2D eigenvalue weighted by atomic mass is 19.3. The molecule has 17 heteroatoms. The maximum atomic E-state index is 12.5. The Morgan fingerprint density at radius 3 is 1.16 bits per heavy atom. The number of aliphatic hydroxyl groups excluding tert-OH is 4. The first kappa shape index (κ1) is 60.7. The van der Waals surface area contributed by atoms with Crippen molar-refractivity contribution in [2.24, 2.45) is 46.6 Å². The van der Waals surface area contributed by atoms with Crippen molar-refractivity contribution in [3.8, 4) is 0 Å². The summed E-state index contributed by atoms with van der Waals surface area (Å²) in [4.78, 5) is 46.3. The monoisotopic (exact) mass is 882 g/mol. The van der Waals surface area contributed by atoms with E-state index in [0.717, 1.165) is 51.4 Å². The van der Waals surface area contributed by atoms with E-state index in [0.29, 0.717) is 43.1 Å². The van der Waals surface area contributed by atoms with Gasteiger partial charge in [0.1, 0.15) is 24.4 Å². The Labute approximate surface area is 366 Å². The number of ketones is 1. The summed E-state index contributed by atoms with van der Waals surface area (Å²) in [7, 11) is 3.25. The number of nitrogens with zero attached hydrogens (tertiary/aromatic N) is 1. The second kappa shape index (κ2) is 29.9. The molecule has 15 nitrogen and oxygen atoms in total. The lowest BCUT2D eigenvalue weighted by Gasteiger charge is -2.30. The lowest BCUT2D eigenvalue weighted by molar-refractivity contribution is -0.139. The number of carbonyl (C=O) groups is 4. The predicted molar refractivity (Wildman–Crippen MR) is 238 cm³/mol. The fraction of sp³-hybridized carbons (Fsp3) is 0.909. The van der Waals surface area contributed by atoms with Crippen LogP contribution >= 0.6 is 0 Å². The Hall–Kier alpha value is -2.38. The zero-order valence-electron chi connectivity index (χ0n) is 35.4. The number of alkyl halides is 2. The molecule has 61 heavy (non-hydrogen) atoms. The maximum Gasteiger partial charge on any atom is 0.262 e. The van der Waals surface area contributed by atoms with Crippen LogP contribution in [0, 0.1) is 23.7 Å². The third kappa shape index (κ3) is 23.8. The molecule has 5 fully saturated rings. The summed E-state index contributed by atoms with van der Waals surface area (Å²) in [5.74, 6) is -2.25. The summed E-state index contributed by atoms with van der Waals surface area (Å²) in [6, 6.07) is -1.54. The van der Waals surface area contributed by atoms with Gasteiger partial charge in [0.2, 0.25) is 0 Å². The quantitative estimate of drug-likeness (QED) is 0.0897. The highest BCUT2D eigenvalue weighted by molar-refractivity contribution is 5.82. The van der Waals surface area contributed by atoms with Crippen LogP contribution in [0.5, 0.6) is 0 Å². The summed E-state index contributed by atoms with van der Waals surface area (Å²) < 4.78 is 25.0. The van der Waals surface area contributed by atoms with Crippen molar-refractivity contribution in [1.82, 2.24) is 15.5 Å². The van der Waals surface area contributed by atoms with E-state index in [4.69, 9.17) is 22.9 Å². The van der Waals surface area contributed by atoms with E-state index in [-0.39, 0.29) is 45.9 Å². The third-order valence-electron chi connectivity index (χ3n) is 12.1. The molecule has 0 saturated heterocycles. The van der Waals surface area contributed by atoms with Crippen LogP contribution in [0.15, 0.2) is 0 Å². The number of aliphatic hydroxyl groups is 4. The second-order valence-corrected chi connectivity index (χ2v) is 18.0. The smallest absolute Gasteiger partial charge is 0.262 e. The van der Waals surface area contributed by atoms with Crippen molar-refractivity contribution in [2.45, 2.75) is 212 Å². The van der Waals surface area contributed by atoms with Gasteiger partial charge in [-0.2, -0.15) is 0 Å². The molecule has 0 heterocycles. The Morgan fingerprint density at radius 1 is 0.590 bits per heavy atom. The number of nitrogens with one attached hydrogen (secondary N) is 2. The van der Waals surface area contributed by atoms with Crippen molar-refractivity contribution in [3.63, 3.8) is 0 Å². The van der Waals surface area contributed by atoms with E-state index in [1.54, 1.807) is 14.1 Å². The summed E-state index contributed by atoms with van der Waals surface area (Å²) in [6.07, 6.45) is 14.8. The molecule has 0 aliphatic heterocycles. The number of Topliss-reactive ketones (excluding diaryl/α,β-unsaturated/α-hetero) is 1. The SMILES string of the molecule is C.C.C.CC(=O)C(O)C(N)CC1CCC1.CC(F)(F)CNC(=O)C(O)C(N)CC1CCC1.CN(C)C(=O)C(O)C(N)CC1CCC1.NC(CC1CCC1)C(O)C(=O)NC1CC1. The average molecular weight is 882 g/mol. The Balaban J connectivity index is 0. The van der Waals surface area contributed by atoms with Crippen LogP contribution < -0.4 is 33.6 Å². The van der Waals surface area contributed by atoms with Gasteiger partial charge in [0.15, 0.2) is 5.78 Å². The highest BCUT2D eigenvalue weighted by Crippen LogP contribution is 2.33. The van der Waals surface area contributed by atoms with Gasteiger partial charge in [-0.25, -0.2) is 8.78 Å². The first-order valence-corrected chi connectivity index (χ1v) is 21.5. The molecule has 0 aromatic heterocycles. The van der Waals surface area contributed by atoms with Gasteiger partial charge in [-0.05, 0) is 69.1 Å². The molecular weight excluding hydrogens is 793 g/mol. The first-order valence-electron chi connectivity index (χ1n) is 21.5. The summed E-state index contributed by atoms with van der Waals surface area (Å²) in [5, 5.41) is 42.9. The molecule has 0 radical (unpaired) electrons. The number of hydrogen-bond donors (Lipinski definition) is 10. The molecule has 362 valence electrons. The van der Waals surface area contributed by atoms with E-state index >= 15 is 0 Å². The number of hydrogen-bond acceptors (Lipinski definition) is 12. The average Bonchev–Trinajstić information content (AvgIpc) is 3.92. The van der Waals surface area contributed by atoms with Crippen LogP contribution in [0.3, 0.4) is 0 Å². The lowest BCUT2D eigenvalue weighted by atomic mass is 9.80. The molecular formula is C44H89F2N7O8. The fourth-order valence-electron chi connectivity index (χ4n) is 6.97. The standard InChI is InChI=1S/C11H20F2N2O2.C11H20N2O2.C10H20N2O2.C9H17NO2.3CH4/c1-11(12,13)6-15-10(17)9(16)8(14)5-7-3-2-4-7;12-9(6-7-2-1-3-7)10(14)11(15)13-8-4-5-8;1-12(2)10(14)9(13)8(11)6-7-4-3-5-7;1-6(11)9(12)8(10)5-7-3-2-4-7;;;/h7-9,16H,2-6,14H2,1H3,(H,15,17);7-10,14H,1-6,12H2,(H,13,15);7-9,13H,3-6,11H2,1-2H3;7-9,12H,2-5,10H2,1H3;3*1H4. The van der Waals surface area contributed by atoms with E-state index in [2.05, 4.69) is 5.32 Å². The van der Waals surface area contributed by atoms with Crippen molar-refractivity contribution in [2.75, 3.05) is 20.6 Å². The lowest BCUT2D eigenvalue weighted by Crippen LogP contribution is -2.49. The Morgan fingerprint density at radius 2 is 0.902 bits per heavy atom. The molecule has 3 amide bonds. The molecule has 0 aromatic rings. The largest absolute Gasteiger partial charge is 0.384 e. The van der Waals surface area contributed by atoms with Crippen molar-refractivity contribution >= 4 is 23.5 Å². The van der Waals surface area contributed by atoms with Gasteiger partial charge in [0.25, 0.3) is 23.6 Å². The van der Waals surface area contributed by atoms with Crippen LogP contribution in [-0.4, -0.2) is 130 Å². The number of likely N-dealkylation sites (N-methyl/N-ethyl adjacent to an activating group) is 1. The van der Waals surface area contributed by atoms with Crippen LogP contribution in [0.2, 0.25) is 0 Å². The van der Waals surface area contributed by atoms with E-state index in [9.17, 15) is 48.4 Å². The van der Waals surface area contributed by atoms with Gasteiger partial charge in [0.05, 0.1) is 6.54 Å². The zero-order valence-corrected chi connectivity index (χ0v) is 35.4. The minimum atomic E-state index is -2.98. The Bertz CT molecular complexity index is 1240. The van der Waals surface area contributed by atoms with Crippen LogP contribution in [0.25, 0.3) is 0 Å². The van der Waals surface area contributed by atoms with Crippen LogP contribution in [0.4, 0.5) is 8.78 Å². The zero-order chi connectivity index (χ0) is 43.7. The molecule has 5 aliphatic rings. The topological polar surface area (TPSA) is 281 Å². The second-order valence-electron chi connectivity index (χ2n) is 18.0. The summed E-state index contributed by atoms with van der Waals surface area (Å²) in [6.45, 7) is 1.30. The fourth-order valence-corrected chi connectivity index (χ4v) is 6.97. The van der Waals surface area contributed by atoms with Crippen LogP contribution in [0.1, 0.15) is 152 Å². The minimum absolute atomic E-state index is 0. The molecule has 0 spiro atoms. The predicted octanol–water partition coefficient (Wildman–Crippen LogP) is 3.09. The molecule has 5 rings (SSSR count). The molecule has 5 saturated carbocycles. The molecule has 0 bridgehead atoms. The van der Waals surface area contributed by atoms with Crippen molar-refractivity contribution in [1.29, 1.82) is 0 Å². The van der Waals surface area contributed by atoms with Crippen LogP contribution in [-0.2, 0) is 19.2 Å². The third-order valence-corrected chi connectivity index (χ3v) is 12.1. The van der Waals surface area contributed by atoms with Gasteiger partial charge in [-0.3, -0.25) is 19.2 Å². The van der Waals surface area contributed by atoms with Crippen molar-refractivity contribution < 1.29 is 48.4 Å². The van der Waals surface area contributed by atoms with Gasteiger partial charge in [0, 0.05) is 51.2 Å². The number of amides is 3. The van der Waals surface area contributed by atoms with Gasteiger partial charge in [-0.15, -0.1) is 0 Å². The molecule has 8 atom stereocenters. The van der Waals surface area contributed by atoms with E-state index < -0.39 is 60.9 Å². The number of halogens is 2. The molecule has 8 unspecified atom stereocenters. The highest BCUT2D eigenvalue weighted by Gasteiger charge is 2.33. The van der Waals surface area contributed by atoms with Crippen molar-refractivity contribution in [3.05, 3.63) is 0 Å². The number of nitrogens with two attached hydrogens (primary N) is 4. The molecule has 5 aliphatic carbocycles.